The van der Waals surface area contributed by atoms with Crippen molar-refractivity contribution in [2.24, 2.45) is 5.92 Å². The van der Waals surface area contributed by atoms with Crippen molar-refractivity contribution in [3.63, 3.8) is 0 Å². The summed E-state index contributed by atoms with van der Waals surface area (Å²) in [7, 11) is 0. The Labute approximate surface area is 115 Å². The van der Waals surface area contributed by atoms with Crippen molar-refractivity contribution in [3.05, 3.63) is 33.9 Å². The van der Waals surface area contributed by atoms with Crippen LogP contribution in [0.2, 0.25) is 0 Å². The summed E-state index contributed by atoms with van der Waals surface area (Å²) < 4.78 is 0. The quantitative estimate of drug-likeness (QED) is 0.511. The molecule has 2 rings (SSSR count). The van der Waals surface area contributed by atoms with Crippen molar-refractivity contribution in [2.45, 2.75) is 30.7 Å². The van der Waals surface area contributed by atoms with E-state index in [9.17, 15) is 14.9 Å². The molecule has 1 fully saturated rings. The van der Waals surface area contributed by atoms with Crippen LogP contribution in [0.3, 0.4) is 0 Å². The van der Waals surface area contributed by atoms with Gasteiger partial charge in [0.25, 0.3) is 11.6 Å². The highest BCUT2D eigenvalue weighted by molar-refractivity contribution is 7.98. The van der Waals surface area contributed by atoms with Crippen LogP contribution < -0.4 is 5.32 Å². The second kappa shape index (κ2) is 5.61. The van der Waals surface area contributed by atoms with Gasteiger partial charge in [-0.05, 0) is 44.1 Å². The van der Waals surface area contributed by atoms with Gasteiger partial charge in [-0.1, -0.05) is 0 Å². The lowest BCUT2D eigenvalue weighted by Gasteiger charge is -2.13. The number of carbonyl (C=O) groups is 1. The third-order valence-corrected chi connectivity index (χ3v) is 4.06. The van der Waals surface area contributed by atoms with Gasteiger partial charge in [-0.2, -0.15) is 0 Å². The first kappa shape index (κ1) is 13.9. The lowest BCUT2D eigenvalue weighted by molar-refractivity contribution is -0.385. The Morgan fingerprint density at radius 2 is 2.21 bits per heavy atom. The highest BCUT2D eigenvalue weighted by atomic mass is 32.2. The number of amides is 1. The number of nitro groups is 1. The van der Waals surface area contributed by atoms with Crippen LogP contribution in [0.15, 0.2) is 23.1 Å². The minimum absolute atomic E-state index is 0.0741. The second-order valence-electron chi connectivity index (χ2n) is 4.74. The maximum absolute atomic E-state index is 12.2. The number of rotatable bonds is 5. The fourth-order valence-electron chi connectivity index (χ4n) is 1.98. The molecular weight excluding hydrogens is 264 g/mol. The Hall–Kier alpha value is -1.56. The fraction of sp³-hybridized carbons (Fsp3) is 0.462. The van der Waals surface area contributed by atoms with Gasteiger partial charge in [-0.25, -0.2) is 0 Å². The topological polar surface area (TPSA) is 72.2 Å². The molecule has 6 heteroatoms. The number of nitro benzene ring substituents is 1. The fourth-order valence-corrected chi connectivity index (χ4v) is 2.42. The molecule has 5 nitrogen and oxygen atoms in total. The van der Waals surface area contributed by atoms with E-state index in [-0.39, 0.29) is 23.2 Å². The van der Waals surface area contributed by atoms with E-state index >= 15 is 0 Å². The average molecular weight is 280 g/mol. The predicted molar refractivity (Wildman–Crippen MR) is 74.5 cm³/mol. The van der Waals surface area contributed by atoms with E-state index in [1.165, 1.54) is 17.8 Å². The number of carbonyl (C=O) groups excluding carboxylic acids is 1. The van der Waals surface area contributed by atoms with Crippen molar-refractivity contribution < 1.29 is 9.72 Å². The maximum atomic E-state index is 12.2. The molecule has 1 aliphatic carbocycles. The molecule has 1 aromatic rings. The van der Waals surface area contributed by atoms with Crippen LogP contribution in [-0.4, -0.2) is 23.1 Å². The minimum atomic E-state index is -0.513. The monoisotopic (exact) mass is 280 g/mol. The van der Waals surface area contributed by atoms with Crippen LogP contribution in [-0.2, 0) is 0 Å². The largest absolute Gasteiger partial charge is 0.349 e. The maximum Gasteiger partial charge on any atom is 0.282 e. The molecule has 0 radical (unpaired) electrons. The zero-order chi connectivity index (χ0) is 14.0. The Bertz CT molecular complexity index is 515. The number of nitrogens with zero attached hydrogens (tertiary/aromatic N) is 1. The first-order chi connectivity index (χ1) is 9.02. The van der Waals surface area contributed by atoms with Crippen LogP contribution in [0, 0.1) is 16.0 Å². The van der Waals surface area contributed by atoms with Crippen LogP contribution in [0.25, 0.3) is 0 Å². The summed E-state index contributed by atoms with van der Waals surface area (Å²) in [5.41, 5.74) is 0.00245. The van der Waals surface area contributed by atoms with Gasteiger partial charge in [-0.3, -0.25) is 14.9 Å². The van der Waals surface area contributed by atoms with E-state index in [0.29, 0.717) is 5.92 Å². The summed E-state index contributed by atoms with van der Waals surface area (Å²) in [6.07, 6.45) is 4.11. The predicted octanol–water partition coefficient (Wildman–Crippen LogP) is 2.85. The highest BCUT2D eigenvalue weighted by Gasteiger charge is 2.30. The summed E-state index contributed by atoms with van der Waals surface area (Å²) in [6.45, 7) is 1.94. The van der Waals surface area contributed by atoms with E-state index in [2.05, 4.69) is 5.32 Å². The van der Waals surface area contributed by atoms with Crippen LogP contribution in [0.1, 0.15) is 30.1 Å². The summed E-state index contributed by atoms with van der Waals surface area (Å²) >= 11 is 1.46. The lowest BCUT2D eigenvalue weighted by atomic mass is 10.1. The number of hydrogen-bond acceptors (Lipinski definition) is 4. The summed E-state index contributed by atoms with van der Waals surface area (Å²) in [5.74, 6) is 0.161. The minimum Gasteiger partial charge on any atom is -0.349 e. The van der Waals surface area contributed by atoms with Gasteiger partial charge in [0.05, 0.1) is 4.92 Å². The standard InChI is InChI=1S/C13H16N2O3S/c1-8(9-3-4-9)14-13(16)11-7-10(19-2)5-6-12(11)15(17)18/h5-9H,3-4H2,1-2H3,(H,14,16). The van der Waals surface area contributed by atoms with Gasteiger partial charge in [0.2, 0.25) is 0 Å². The lowest BCUT2D eigenvalue weighted by Crippen LogP contribution is -2.34. The van der Waals surface area contributed by atoms with Crippen molar-refractivity contribution in [2.75, 3.05) is 6.26 Å². The summed E-state index contributed by atoms with van der Waals surface area (Å²) in [4.78, 5) is 23.5. The zero-order valence-corrected chi connectivity index (χ0v) is 11.7. The van der Waals surface area contributed by atoms with E-state index in [1.807, 2.05) is 13.2 Å². The normalized spacial score (nSPS) is 15.9. The molecule has 102 valence electrons. The number of hydrogen-bond donors (Lipinski definition) is 1. The van der Waals surface area contributed by atoms with Crippen LogP contribution >= 0.6 is 11.8 Å². The first-order valence-corrected chi connectivity index (χ1v) is 7.38. The van der Waals surface area contributed by atoms with Gasteiger partial charge in [-0.15, -0.1) is 11.8 Å². The molecule has 0 aliphatic heterocycles. The van der Waals surface area contributed by atoms with Gasteiger partial charge < -0.3 is 5.32 Å². The zero-order valence-electron chi connectivity index (χ0n) is 10.9. The Balaban J connectivity index is 2.24. The average Bonchev–Trinajstić information content (AvgIpc) is 3.21. The molecule has 1 atom stereocenters. The Morgan fingerprint density at radius 1 is 1.53 bits per heavy atom. The highest BCUT2D eigenvalue weighted by Crippen LogP contribution is 2.33. The molecule has 0 bridgehead atoms. The third kappa shape index (κ3) is 3.26. The molecule has 0 saturated heterocycles. The number of nitrogens with one attached hydrogen (secondary N) is 1. The molecular formula is C13H16N2O3S. The van der Waals surface area contributed by atoms with E-state index < -0.39 is 4.92 Å². The van der Waals surface area contributed by atoms with Crippen molar-refractivity contribution in [3.8, 4) is 0 Å². The number of thioether (sulfide) groups is 1. The van der Waals surface area contributed by atoms with Crippen molar-refractivity contribution >= 4 is 23.4 Å². The van der Waals surface area contributed by atoms with Gasteiger partial charge >= 0.3 is 0 Å². The van der Waals surface area contributed by atoms with Crippen molar-refractivity contribution in [1.82, 2.24) is 5.32 Å². The summed E-state index contributed by atoms with van der Waals surface area (Å²) in [5, 5.41) is 13.8. The Morgan fingerprint density at radius 3 is 2.74 bits per heavy atom. The number of benzene rings is 1. The third-order valence-electron chi connectivity index (χ3n) is 3.33. The molecule has 1 amide bonds. The molecule has 19 heavy (non-hydrogen) atoms. The van der Waals surface area contributed by atoms with Crippen LogP contribution in [0.5, 0.6) is 0 Å². The first-order valence-electron chi connectivity index (χ1n) is 6.16. The Kier molecular flexibility index (Phi) is 4.09. The second-order valence-corrected chi connectivity index (χ2v) is 5.62. The van der Waals surface area contributed by atoms with E-state index in [1.54, 1.807) is 12.1 Å². The smallest absolute Gasteiger partial charge is 0.282 e. The van der Waals surface area contributed by atoms with E-state index in [0.717, 1.165) is 17.7 Å². The van der Waals surface area contributed by atoms with Gasteiger partial charge in [0.15, 0.2) is 0 Å². The molecule has 0 aromatic heterocycles. The van der Waals surface area contributed by atoms with Gasteiger partial charge in [0.1, 0.15) is 5.56 Å². The van der Waals surface area contributed by atoms with Gasteiger partial charge in [0, 0.05) is 17.0 Å². The molecule has 1 aliphatic rings. The SMILES string of the molecule is CSc1ccc([N+](=O)[O-])c(C(=O)NC(C)C2CC2)c1. The molecule has 1 N–H and O–H groups in total. The molecule has 0 spiro atoms. The molecule has 1 aromatic carbocycles. The van der Waals surface area contributed by atoms with Crippen molar-refractivity contribution in [1.29, 1.82) is 0 Å². The summed E-state index contributed by atoms with van der Waals surface area (Å²) in [6, 6.07) is 4.70. The van der Waals surface area contributed by atoms with Crippen LogP contribution in [0.4, 0.5) is 5.69 Å². The molecule has 1 saturated carbocycles. The molecule has 1 unspecified atom stereocenters. The van der Waals surface area contributed by atoms with E-state index in [4.69, 9.17) is 0 Å². The molecule has 0 heterocycles.